The molecule has 4 nitrogen and oxygen atoms in total. The molecule has 0 spiro atoms. The Hall–Kier alpha value is -7.30. The highest BCUT2D eigenvalue weighted by Crippen LogP contribution is 2.64. The van der Waals surface area contributed by atoms with Crippen LogP contribution in [-0.4, -0.2) is 18.1 Å². The number of nitrogens with zero attached hydrogens (tertiary/aromatic N) is 4. The maximum atomic E-state index is 2.65. The topological polar surface area (TPSA) is 13.0 Å². The van der Waals surface area contributed by atoms with Crippen LogP contribution in [0.4, 0.5) is 39.8 Å². The zero-order chi connectivity index (χ0) is 46.7. The second kappa shape index (κ2) is 17.3. The molecule has 0 aliphatic heterocycles. The quantitative estimate of drug-likeness (QED) is 0.101. The van der Waals surface area contributed by atoms with E-state index in [1.807, 2.05) is 0 Å². The van der Waals surface area contributed by atoms with Gasteiger partial charge in [-0.25, -0.2) is 0 Å². The molecule has 0 N–H and O–H groups in total. The first-order valence-corrected chi connectivity index (χ1v) is 25.2. The molecular formula is C65H62N4. The normalized spacial score (nSPS) is 26.0. The highest BCUT2D eigenvalue weighted by Gasteiger charge is 2.63. The molecule has 4 heteroatoms. The third-order valence-corrected chi connectivity index (χ3v) is 16.3. The van der Waals surface area contributed by atoms with Crippen molar-refractivity contribution in [3.05, 3.63) is 253 Å². The Labute approximate surface area is 409 Å². The van der Waals surface area contributed by atoms with Crippen molar-refractivity contribution in [3.8, 4) is 0 Å². The smallest absolute Gasteiger partial charge is 0.0706 e. The number of rotatable bonds is 14. The Balaban J connectivity index is 1.01. The molecular weight excluding hydrogens is 837 g/mol. The lowest BCUT2D eigenvalue weighted by atomic mass is 9.78. The van der Waals surface area contributed by atoms with Crippen LogP contribution >= 0.6 is 0 Å². The van der Waals surface area contributed by atoms with Crippen molar-refractivity contribution >= 4 is 45.4 Å². The van der Waals surface area contributed by atoms with Crippen molar-refractivity contribution in [2.24, 2.45) is 29.6 Å². The molecule has 69 heavy (non-hydrogen) atoms. The minimum atomic E-state index is -0.199. The van der Waals surface area contributed by atoms with Crippen LogP contribution in [0.25, 0.3) is 5.57 Å². The number of hydrogen-bond acceptors (Lipinski definition) is 4. The molecule has 3 fully saturated rings. The third kappa shape index (κ3) is 7.71. The van der Waals surface area contributed by atoms with Gasteiger partial charge in [0.1, 0.15) is 0 Å². The van der Waals surface area contributed by atoms with Gasteiger partial charge in [-0.1, -0.05) is 134 Å². The van der Waals surface area contributed by atoms with Gasteiger partial charge in [0.15, 0.2) is 0 Å². The lowest BCUT2D eigenvalue weighted by molar-refractivity contribution is 0.466. The molecule has 0 radical (unpaired) electrons. The van der Waals surface area contributed by atoms with E-state index in [-0.39, 0.29) is 11.1 Å². The van der Waals surface area contributed by atoms with E-state index in [1.165, 1.54) is 79.9 Å². The predicted octanol–water partition coefficient (Wildman–Crippen LogP) is 16.3. The van der Waals surface area contributed by atoms with Crippen molar-refractivity contribution in [3.63, 3.8) is 0 Å². The fourth-order valence-electron chi connectivity index (χ4n) is 12.4. The summed E-state index contributed by atoms with van der Waals surface area (Å²) in [5.74, 6) is 2.44. The van der Waals surface area contributed by atoms with Crippen LogP contribution in [0, 0.1) is 29.6 Å². The molecule has 0 saturated heterocycles. The van der Waals surface area contributed by atoms with Crippen molar-refractivity contribution in [1.82, 2.24) is 0 Å². The molecule has 7 atom stereocenters. The number of fused-ring (bicyclic) bond motifs is 3. The Morgan fingerprint density at radius 3 is 1.72 bits per heavy atom. The van der Waals surface area contributed by atoms with Crippen LogP contribution in [0.1, 0.15) is 52.0 Å². The van der Waals surface area contributed by atoms with Crippen LogP contribution in [0.3, 0.4) is 0 Å². The highest BCUT2D eigenvalue weighted by atomic mass is 15.3. The second-order valence-corrected chi connectivity index (χ2v) is 20.3. The molecule has 6 aliphatic rings. The van der Waals surface area contributed by atoms with E-state index in [0.29, 0.717) is 29.6 Å². The van der Waals surface area contributed by atoms with E-state index < -0.39 is 0 Å². The van der Waals surface area contributed by atoms with Gasteiger partial charge >= 0.3 is 0 Å². The van der Waals surface area contributed by atoms with Gasteiger partial charge in [0.05, 0.1) is 11.1 Å². The first-order valence-electron chi connectivity index (χ1n) is 25.2. The monoisotopic (exact) mass is 898 g/mol. The van der Waals surface area contributed by atoms with Crippen molar-refractivity contribution in [2.75, 3.05) is 26.6 Å². The fourth-order valence-corrected chi connectivity index (χ4v) is 12.4. The summed E-state index contributed by atoms with van der Waals surface area (Å²) in [4.78, 5) is 10.2. The van der Waals surface area contributed by atoms with Crippen molar-refractivity contribution in [2.45, 2.75) is 57.5 Å². The summed E-state index contributed by atoms with van der Waals surface area (Å²) in [7, 11) is 2.26. The van der Waals surface area contributed by atoms with Crippen molar-refractivity contribution < 1.29 is 0 Å². The summed E-state index contributed by atoms with van der Waals surface area (Å²) in [6.45, 7) is 7.06. The van der Waals surface area contributed by atoms with Gasteiger partial charge in [-0.15, -0.1) is 0 Å². The Bertz CT molecular complexity index is 3050. The van der Waals surface area contributed by atoms with E-state index in [2.05, 4.69) is 272 Å². The van der Waals surface area contributed by atoms with E-state index in [4.69, 9.17) is 0 Å². The number of anilines is 7. The second-order valence-electron chi connectivity index (χ2n) is 20.3. The number of allylic oxidation sites excluding steroid dienone is 10. The third-order valence-electron chi connectivity index (χ3n) is 16.3. The lowest BCUT2D eigenvalue weighted by Gasteiger charge is -2.41. The Kier molecular flexibility index (Phi) is 10.8. The average molecular weight is 899 g/mol. The van der Waals surface area contributed by atoms with E-state index in [0.717, 1.165) is 19.3 Å². The van der Waals surface area contributed by atoms with Crippen LogP contribution in [-0.2, 0) is 0 Å². The molecule has 0 amide bonds. The van der Waals surface area contributed by atoms with Crippen LogP contribution in [0.15, 0.2) is 247 Å². The van der Waals surface area contributed by atoms with Crippen LogP contribution in [0.5, 0.6) is 0 Å². The SMILES string of the molecule is C/C=C(/C(C)=C(\C)c1cc(N(C2=CC3CC3C=C2)c2ccccc2)cc(N(c2ccccc2)C23C=CC=CC2C3)c1)C1CC(N(C)c2ccccc2)=CC2(N(c3ccccc3)c3ccccc3)CC12. The lowest BCUT2D eigenvalue weighted by Crippen LogP contribution is -2.40. The van der Waals surface area contributed by atoms with Gasteiger partial charge in [-0.2, -0.15) is 0 Å². The molecule has 0 aromatic heterocycles. The highest BCUT2D eigenvalue weighted by molar-refractivity contribution is 5.84. The van der Waals surface area contributed by atoms with E-state index in [1.54, 1.807) is 0 Å². The van der Waals surface area contributed by atoms with Crippen LogP contribution < -0.4 is 19.6 Å². The molecule has 6 aromatic rings. The minimum Gasteiger partial charge on any atom is -0.348 e. The van der Waals surface area contributed by atoms with Gasteiger partial charge < -0.3 is 19.6 Å². The fraction of sp³-hybridized carbons (Fsp3) is 0.231. The van der Waals surface area contributed by atoms with E-state index >= 15 is 0 Å². The standard InChI is InChI=1S/C65H62N4/c1-5-61(62-42-60(66(4)52-24-11-6-12-25-52)44-65(45-63(62)65)68(54-28-15-8-16-29-54)55-30-17-9-18-31-55)47(3)46(2)49-38-58(67(53-26-13-7-14-27-53)57-35-34-48-37-50(48)40-57)41-59(39-49)69(56-32-19-10-20-33-56)64-36-22-21-23-51(64)43-64/h5-36,38-41,44,48,50-51,62-63H,37,42-43,45H2,1-4H3/b47-46+,61-5-. The summed E-state index contributed by atoms with van der Waals surface area (Å²) >= 11 is 0. The van der Waals surface area contributed by atoms with Crippen LogP contribution in [0.2, 0.25) is 0 Å². The summed E-state index contributed by atoms with van der Waals surface area (Å²) < 4.78 is 0. The van der Waals surface area contributed by atoms with Gasteiger partial charge in [-0.3, -0.25) is 0 Å². The molecule has 342 valence electrons. The first kappa shape index (κ1) is 43.0. The number of benzene rings is 6. The Morgan fingerprint density at radius 1 is 0.580 bits per heavy atom. The number of para-hydroxylation sites is 5. The number of hydrogen-bond donors (Lipinski definition) is 0. The summed E-state index contributed by atoms with van der Waals surface area (Å²) in [5.41, 5.74) is 16.1. The predicted molar refractivity (Wildman–Crippen MR) is 290 cm³/mol. The van der Waals surface area contributed by atoms with Gasteiger partial charge in [0, 0.05) is 64.2 Å². The Morgan fingerprint density at radius 2 is 1.14 bits per heavy atom. The van der Waals surface area contributed by atoms with Crippen molar-refractivity contribution in [1.29, 1.82) is 0 Å². The maximum absolute atomic E-state index is 2.65. The first-order chi connectivity index (χ1) is 33.8. The molecule has 12 rings (SSSR count). The largest absolute Gasteiger partial charge is 0.348 e. The maximum Gasteiger partial charge on any atom is 0.0706 e. The zero-order valence-electron chi connectivity index (χ0n) is 40.4. The zero-order valence-corrected chi connectivity index (χ0v) is 40.4. The molecule has 6 aromatic carbocycles. The van der Waals surface area contributed by atoms with Gasteiger partial charge in [-0.05, 0) is 183 Å². The molecule has 0 bridgehead atoms. The molecule has 7 unspecified atom stereocenters. The summed E-state index contributed by atoms with van der Waals surface area (Å²) in [5, 5.41) is 0. The molecule has 0 heterocycles. The summed E-state index contributed by atoms with van der Waals surface area (Å²) in [6, 6.07) is 62.6. The van der Waals surface area contributed by atoms with Gasteiger partial charge in [0.2, 0.25) is 0 Å². The molecule has 6 aliphatic carbocycles. The van der Waals surface area contributed by atoms with E-state index in [9.17, 15) is 0 Å². The average Bonchev–Trinajstić information content (AvgIpc) is 4.34. The minimum absolute atomic E-state index is 0.121. The summed E-state index contributed by atoms with van der Waals surface area (Å²) in [6.07, 6.45) is 26.1. The molecule has 3 saturated carbocycles. The van der Waals surface area contributed by atoms with Gasteiger partial charge in [0.25, 0.3) is 0 Å².